The van der Waals surface area contributed by atoms with Crippen LogP contribution in [0.3, 0.4) is 0 Å². The van der Waals surface area contributed by atoms with Crippen LogP contribution < -0.4 is 5.32 Å². The van der Waals surface area contributed by atoms with Gasteiger partial charge >= 0.3 is 0 Å². The van der Waals surface area contributed by atoms with Crippen molar-refractivity contribution < 1.29 is 0 Å². The summed E-state index contributed by atoms with van der Waals surface area (Å²) in [7, 11) is 0. The van der Waals surface area contributed by atoms with Crippen molar-refractivity contribution in [2.45, 2.75) is 58.4 Å². The molecule has 1 fully saturated rings. The number of rotatable bonds is 5. The molecule has 2 rings (SSSR count). The Labute approximate surface area is 110 Å². The van der Waals surface area contributed by atoms with E-state index >= 15 is 0 Å². The lowest BCUT2D eigenvalue weighted by atomic mass is 10.0. The van der Waals surface area contributed by atoms with Crippen LogP contribution in [0.4, 0.5) is 0 Å². The Morgan fingerprint density at radius 2 is 2.00 bits per heavy atom. The summed E-state index contributed by atoms with van der Waals surface area (Å²) < 4.78 is 0. The molecule has 1 N–H and O–H groups in total. The first-order valence-corrected chi connectivity index (χ1v) is 8.04. The van der Waals surface area contributed by atoms with Gasteiger partial charge in [0.15, 0.2) is 0 Å². The van der Waals surface area contributed by atoms with E-state index in [1.54, 1.807) is 4.88 Å². The van der Waals surface area contributed by atoms with Gasteiger partial charge in [-0.3, -0.25) is 0 Å². The first-order valence-electron chi connectivity index (χ1n) is 7.16. The van der Waals surface area contributed by atoms with Crippen LogP contribution in [0.1, 0.15) is 55.9 Å². The SMILES string of the molecule is CCc1ccsc1CNCC1CCCCCC1. The first-order chi connectivity index (χ1) is 8.40. The molecule has 17 heavy (non-hydrogen) atoms. The van der Waals surface area contributed by atoms with Gasteiger partial charge in [0.1, 0.15) is 0 Å². The van der Waals surface area contributed by atoms with E-state index in [0.29, 0.717) is 0 Å². The Balaban J connectivity index is 1.71. The summed E-state index contributed by atoms with van der Waals surface area (Å²) in [6.07, 6.45) is 9.88. The highest BCUT2D eigenvalue weighted by Crippen LogP contribution is 2.22. The van der Waals surface area contributed by atoms with E-state index in [0.717, 1.165) is 12.5 Å². The summed E-state index contributed by atoms with van der Waals surface area (Å²) in [5.41, 5.74) is 1.53. The van der Waals surface area contributed by atoms with Gasteiger partial charge in [-0.2, -0.15) is 0 Å². The zero-order valence-electron chi connectivity index (χ0n) is 11.0. The van der Waals surface area contributed by atoms with Crippen LogP contribution >= 0.6 is 11.3 Å². The lowest BCUT2D eigenvalue weighted by molar-refractivity contribution is 0.425. The van der Waals surface area contributed by atoms with Gasteiger partial charge in [-0.1, -0.05) is 32.6 Å². The van der Waals surface area contributed by atoms with Gasteiger partial charge < -0.3 is 5.32 Å². The lowest BCUT2D eigenvalue weighted by Gasteiger charge is -2.14. The minimum Gasteiger partial charge on any atom is -0.312 e. The zero-order chi connectivity index (χ0) is 11.9. The average molecular weight is 251 g/mol. The van der Waals surface area contributed by atoms with Gasteiger partial charge in [0.2, 0.25) is 0 Å². The molecular weight excluding hydrogens is 226 g/mol. The molecule has 0 aliphatic heterocycles. The standard InChI is InChI=1S/C15H25NS/c1-2-14-9-10-17-15(14)12-16-11-13-7-5-3-4-6-8-13/h9-10,13,16H,2-8,11-12H2,1H3. The van der Waals surface area contributed by atoms with Crippen molar-refractivity contribution in [2.24, 2.45) is 5.92 Å². The molecule has 1 heterocycles. The normalized spacial score (nSPS) is 18.2. The molecule has 1 aromatic heterocycles. The second-order valence-corrected chi connectivity index (χ2v) is 6.21. The third kappa shape index (κ3) is 4.11. The molecule has 0 saturated heterocycles. The highest BCUT2D eigenvalue weighted by atomic mass is 32.1. The fourth-order valence-electron chi connectivity index (χ4n) is 2.80. The Morgan fingerprint density at radius 3 is 2.71 bits per heavy atom. The second kappa shape index (κ2) is 7.17. The maximum Gasteiger partial charge on any atom is 0.0302 e. The van der Waals surface area contributed by atoms with Crippen LogP contribution in [-0.2, 0) is 13.0 Å². The number of hydrogen-bond acceptors (Lipinski definition) is 2. The highest BCUT2D eigenvalue weighted by Gasteiger charge is 2.11. The average Bonchev–Trinajstić information content (AvgIpc) is 2.64. The van der Waals surface area contributed by atoms with Crippen LogP contribution in [0.5, 0.6) is 0 Å². The molecule has 0 unspecified atom stereocenters. The molecule has 0 radical (unpaired) electrons. The summed E-state index contributed by atoms with van der Waals surface area (Å²) >= 11 is 1.90. The Hall–Kier alpha value is -0.340. The molecule has 1 saturated carbocycles. The van der Waals surface area contributed by atoms with Crippen molar-refractivity contribution in [3.8, 4) is 0 Å². The van der Waals surface area contributed by atoms with Gasteiger partial charge in [-0.05, 0) is 48.7 Å². The van der Waals surface area contributed by atoms with E-state index in [1.807, 2.05) is 11.3 Å². The van der Waals surface area contributed by atoms with Crippen molar-refractivity contribution in [1.29, 1.82) is 0 Å². The summed E-state index contributed by atoms with van der Waals surface area (Å²) in [4.78, 5) is 1.54. The lowest BCUT2D eigenvalue weighted by Crippen LogP contribution is -2.22. The molecule has 2 heteroatoms. The zero-order valence-corrected chi connectivity index (χ0v) is 11.8. The van der Waals surface area contributed by atoms with E-state index in [4.69, 9.17) is 0 Å². The first kappa shape index (κ1) is 13.1. The third-order valence-corrected chi connectivity index (χ3v) is 4.88. The van der Waals surface area contributed by atoms with Gasteiger partial charge in [0.25, 0.3) is 0 Å². The van der Waals surface area contributed by atoms with Crippen molar-refractivity contribution >= 4 is 11.3 Å². The minimum absolute atomic E-state index is 0.933. The van der Waals surface area contributed by atoms with E-state index in [-0.39, 0.29) is 0 Å². The summed E-state index contributed by atoms with van der Waals surface area (Å²) in [6, 6.07) is 2.27. The Kier molecular flexibility index (Phi) is 5.53. The van der Waals surface area contributed by atoms with Crippen molar-refractivity contribution in [3.05, 3.63) is 21.9 Å². The molecule has 1 nitrogen and oxygen atoms in total. The van der Waals surface area contributed by atoms with Crippen molar-refractivity contribution in [1.82, 2.24) is 5.32 Å². The fraction of sp³-hybridized carbons (Fsp3) is 0.733. The van der Waals surface area contributed by atoms with E-state index in [2.05, 4.69) is 23.7 Å². The van der Waals surface area contributed by atoms with Crippen LogP contribution in [0.15, 0.2) is 11.4 Å². The smallest absolute Gasteiger partial charge is 0.0302 e. The van der Waals surface area contributed by atoms with E-state index in [9.17, 15) is 0 Å². The molecule has 0 spiro atoms. The molecule has 0 bridgehead atoms. The maximum absolute atomic E-state index is 3.67. The number of nitrogens with one attached hydrogen (secondary N) is 1. The van der Waals surface area contributed by atoms with Crippen molar-refractivity contribution in [3.63, 3.8) is 0 Å². The third-order valence-electron chi connectivity index (χ3n) is 3.91. The number of aryl methyl sites for hydroxylation is 1. The molecule has 1 aromatic rings. The molecule has 0 amide bonds. The van der Waals surface area contributed by atoms with E-state index < -0.39 is 0 Å². The Morgan fingerprint density at radius 1 is 1.24 bits per heavy atom. The molecule has 0 atom stereocenters. The van der Waals surface area contributed by atoms with Gasteiger partial charge in [-0.25, -0.2) is 0 Å². The quantitative estimate of drug-likeness (QED) is 0.766. The summed E-state index contributed by atoms with van der Waals surface area (Å²) in [6.45, 7) is 4.55. The topological polar surface area (TPSA) is 12.0 Å². The van der Waals surface area contributed by atoms with Gasteiger partial charge in [0, 0.05) is 11.4 Å². The Bertz CT molecular complexity index is 310. The molecule has 0 aromatic carbocycles. The minimum atomic E-state index is 0.933. The van der Waals surface area contributed by atoms with Crippen LogP contribution in [0.2, 0.25) is 0 Å². The predicted molar refractivity (Wildman–Crippen MR) is 76.6 cm³/mol. The molecule has 1 aliphatic rings. The number of thiophene rings is 1. The predicted octanol–water partition coefficient (Wildman–Crippen LogP) is 4.37. The molecule has 1 aliphatic carbocycles. The van der Waals surface area contributed by atoms with Crippen LogP contribution in [0.25, 0.3) is 0 Å². The highest BCUT2D eigenvalue weighted by molar-refractivity contribution is 7.10. The maximum atomic E-state index is 3.67. The number of hydrogen-bond donors (Lipinski definition) is 1. The monoisotopic (exact) mass is 251 g/mol. The van der Waals surface area contributed by atoms with Crippen LogP contribution in [-0.4, -0.2) is 6.54 Å². The van der Waals surface area contributed by atoms with E-state index in [1.165, 1.54) is 57.1 Å². The summed E-state index contributed by atoms with van der Waals surface area (Å²) in [5.74, 6) is 0.933. The molecule has 96 valence electrons. The summed E-state index contributed by atoms with van der Waals surface area (Å²) in [5, 5.41) is 5.89. The second-order valence-electron chi connectivity index (χ2n) is 5.21. The van der Waals surface area contributed by atoms with Gasteiger partial charge in [-0.15, -0.1) is 11.3 Å². The largest absolute Gasteiger partial charge is 0.312 e. The molecular formula is C15H25NS. The fourth-order valence-corrected chi connectivity index (χ4v) is 3.74. The van der Waals surface area contributed by atoms with Crippen molar-refractivity contribution in [2.75, 3.05) is 6.54 Å². The van der Waals surface area contributed by atoms with Crippen LogP contribution in [0, 0.1) is 5.92 Å². The van der Waals surface area contributed by atoms with Gasteiger partial charge in [0.05, 0.1) is 0 Å².